The Morgan fingerprint density at radius 3 is 2.64 bits per heavy atom. The van der Waals surface area contributed by atoms with E-state index < -0.39 is 0 Å². The molecule has 0 aromatic rings. The summed E-state index contributed by atoms with van der Waals surface area (Å²) in [6.45, 7) is 7.96. The number of carbonyl (C=O) groups excluding carboxylic acids is 1. The van der Waals surface area contributed by atoms with Gasteiger partial charge in [0.1, 0.15) is 0 Å². The Balaban J connectivity index is 2.23. The third-order valence-electron chi connectivity index (χ3n) is 2.28. The summed E-state index contributed by atoms with van der Waals surface area (Å²) >= 11 is 0. The summed E-state index contributed by atoms with van der Waals surface area (Å²) in [7, 11) is 2.04. The number of likely N-dealkylation sites (N-methyl/N-ethyl adjacent to an activating group) is 1. The third-order valence-corrected chi connectivity index (χ3v) is 2.28. The van der Waals surface area contributed by atoms with Crippen LogP contribution in [0.4, 0.5) is 0 Å². The lowest BCUT2D eigenvalue weighted by molar-refractivity contribution is -0.135. The first-order chi connectivity index (χ1) is 5.15. The predicted octanol–water partition coefficient (Wildman–Crippen LogP) is -0.0170. The molecule has 0 bridgehead atoms. The first-order valence-electron chi connectivity index (χ1n) is 3.90. The van der Waals surface area contributed by atoms with E-state index in [4.69, 9.17) is 0 Å². The van der Waals surface area contributed by atoms with Crippen LogP contribution in [0.15, 0.2) is 0 Å². The molecule has 1 fully saturated rings. The van der Waals surface area contributed by atoms with Crippen molar-refractivity contribution in [3.63, 3.8) is 0 Å². The zero-order chi connectivity index (χ0) is 8.43. The van der Waals surface area contributed by atoms with Gasteiger partial charge in [-0.15, -0.1) is 0 Å². The highest BCUT2D eigenvalue weighted by molar-refractivity contribution is 5.74. The van der Waals surface area contributed by atoms with Gasteiger partial charge in [0.05, 0.1) is 0 Å². The Morgan fingerprint density at radius 1 is 1.73 bits per heavy atom. The molecule has 1 heterocycles. The first kappa shape index (κ1) is 8.53. The molecular formula is C8H15N2O. The highest BCUT2D eigenvalue weighted by Crippen LogP contribution is 2.12. The molecule has 1 saturated heterocycles. The molecule has 3 nitrogen and oxygen atoms in total. The fourth-order valence-electron chi connectivity index (χ4n) is 1.17. The van der Waals surface area contributed by atoms with E-state index in [9.17, 15) is 4.79 Å². The lowest BCUT2D eigenvalue weighted by atomic mass is 10.1. The van der Waals surface area contributed by atoms with Crippen LogP contribution in [0.3, 0.4) is 0 Å². The summed E-state index contributed by atoms with van der Waals surface area (Å²) in [6, 6.07) is 0.538. The summed E-state index contributed by atoms with van der Waals surface area (Å²) in [5, 5.41) is 0. The van der Waals surface area contributed by atoms with Gasteiger partial charge in [0.15, 0.2) is 0 Å². The molecule has 0 aliphatic carbocycles. The van der Waals surface area contributed by atoms with Crippen LogP contribution in [0.2, 0.25) is 0 Å². The Morgan fingerprint density at radius 2 is 2.27 bits per heavy atom. The molecule has 0 aromatic carbocycles. The van der Waals surface area contributed by atoms with Crippen molar-refractivity contribution in [1.82, 2.24) is 9.80 Å². The van der Waals surface area contributed by atoms with Crippen LogP contribution in [0.5, 0.6) is 0 Å². The SMILES string of the molecule is [CH2]CN(C)C1CN(C(C)=O)C1. The molecule has 0 spiro atoms. The molecule has 0 aromatic heterocycles. The quantitative estimate of drug-likeness (QED) is 0.559. The number of nitrogens with zero attached hydrogens (tertiary/aromatic N) is 2. The lowest BCUT2D eigenvalue weighted by Gasteiger charge is -2.43. The number of likely N-dealkylation sites (tertiary alicyclic amines) is 1. The number of rotatable bonds is 2. The van der Waals surface area contributed by atoms with Gasteiger partial charge in [-0.25, -0.2) is 0 Å². The smallest absolute Gasteiger partial charge is 0.219 e. The largest absolute Gasteiger partial charge is 0.340 e. The second-order valence-corrected chi connectivity index (χ2v) is 3.06. The molecule has 1 amide bonds. The second kappa shape index (κ2) is 3.22. The zero-order valence-corrected chi connectivity index (χ0v) is 7.21. The molecule has 0 saturated carbocycles. The predicted molar refractivity (Wildman–Crippen MR) is 44.0 cm³/mol. The summed E-state index contributed by atoms with van der Waals surface area (Å²) in [5.41, 5.74) is 0. The summed E-state index contributed by atoms with van der Waals surface area (Å²) in [6.07, 6.45) is 0. The molecule has 3 heteroatoms. The van der Waals surface area contributed by atoms with Crippen molar-refractivity contribution < 1.29 is 4.79 Å². The number of amides is 1. The van der Waals surface area contributed by atoms with Crippen molar-refractivity contribution in [2.75, 3.05) is 26.7 Å². The van der Waals surface area contributed by atoms with Crippen molar-refractivity contribution in [1.29, 1.82) is 0 Å². The van der Waals surface area contributed by atoms with E-state index in [1.54, 1.807) is 6.92 Å². The van der Waals surface area contributed by atoms with E-state index in [0.717, 1.165) is 19.6 Å². The van der Waals surface area contributed by atoms with Crippen molar-refractivity contribution in [3.05, 3.63) is 6.92 Å². The Kier molecular flexibility index (Phi) is 2.49. The van der Waals surface area contributed by atoms with Crippen LogP contribution in [0, 0.1) is 6.92 Å². The zero-order valence-electron chi connectivity index (χ0n) is 7.21. The Bertz CT molecular complexity index is 152. The molecule has 1 radical (unpaired) electrons. The van der Waals surface area contributed by atoms with Crippen LogP contribution < -0.4 is 0 Å². The average Bonchev–Trinajstić information content (AvgIpc) is 1.83. The second-order valence-electron chi connectivity index (χ2n) is 3.06. The van der Waals surface area contributed by atoms with Crippen LogP contribution in [0.1, 0.15) is 6.92 Å². The molecular weight excluding hydrogens is 140 g/mol. The maximum atomic E-state index is 10.8. The molecule has 1 aliphatic heterocycles. The highest BCUT2D eigenvalue weighted by atomic mass is 16.2. The van der Waals surface area contributed by atoms with Gasteiger partial charge in [0.25, 0.3) is 0 Å². The highest BCUT2D eigenvalue weighted by Gasteiger charge is 2.30. The van der Waals surface area contributed by atoms with E-state index in [2.05, 4.69) is 11.8 Å². The van der Waals surface area contributed by atoms with Crippen molar-refractivity contribution in [3.8, 4) is 0 Å². The normalized spacial score (nSPS) is 18.7. The molecule has 0 atom stereocenters. The minimum Gasteiger partial charge on any atom is -0.340 e. The van der Waals surface area contributed by atoms with Gasteiger partial charge in [-0.3, -0.25) is 9.69 Å². The maximum Gasteiger partial charge on any atom is 0.219 e. The van der Waals surface area contributed by atoms with Crippen molar-refractivity contribution in [2.45, 2.75) is 13.0 Å². The summed E-state index contributed by atoms with van der Waals surface area (Å²) in [5.74, 6) is 0.179. The van der Waals surface area contributed by atoms with E-state index in [1.807, 2.05) is 11.9 Å². The molecule has 0 unspecified atom stereocenters. The van der Waals surface area contributed by atoms with E-state index in [0.29, 0.717) is 6.04 Å². The van der Waals surface area contributed by atoms with Crippen LogP contribution in [0.25, 0.3) is 0 Å². The van der Waals surface area contributed by atoms with E-state index in [1.165, 1.54) is 0 Å². The lowest BCUT2D eigenvalue weighted by Crippen LogP contribution is -2.59. The molecule has 63 valence electrons. The van der Waals surface area contributed by atoms with Gasteiger partial charge >= 0.3 is 0 Å². The van der Waals surface area contributed by atoms with Crippen LogP contribution >= 0.6 is 0 Å². The minimum absolute atomic E-state index is 0.179. The molecule has 1 aliphatic rings. The molecule has 1 rings (SSSR count). The van der Waals surface area contributed by atoms with Crippen molar-refractivity contribution >= 4 is 5.91 Å². The topological polar surface area (TPSA) is 23.6 Å². The van der Waals surface area contributed by atoms with Gasteiger partial charge in [-0.05, 0) is 20.5 Å². The van der Waals surface area contributed by atoms with Gasteiger partial charge < -0.3 is 4.90 Å². The fourth-order valence-corrected chi connectivity index (χ4v) is 1.17. The van der Waals surface area contributed by atoms with Gasteiger partial charge in [0.2, 0.25) is 5.91 Å². The number of hydrogen-bond donors (Lipinski definition) is 0. The van der Waals surface area contributed by atoms with Gasteiger partial charge in [-0.1, -0.05) is 0 Å². The first-order valence-corrected chi connectivity index (χ1v) is 3.90. The summed E-state index contributed by atoms with van der Waals surface area (Å²) < 4.78 is 0. The third kappa shape index (κ3) is 1.71. The average molecular weight is 155 g/mol. The van der Waals surface area contributed by atoms with Gasteiger partial charge in [-0.2, -0.15) is 0 Å². The number of hydrogen-bond acceptors (Lipinski definition) is 2. The van der Waals surface area contributed by atoms with Crippen LogP contribution in [-0.2, 0) is 4.79 Å². The number of carbonyl (C=O) groups is 1. The molecule has 11 heavy (non-hydrogen) atoms. The summed E-state index contributed by atoms with van der Waals surface area (Å²) in [4.78, 5) is 14.8. The van der Waals surface area contributed by atoms with Gasteiger partial charge in [0, 0.05) is 26.1 Å². The monoisotopic (exact) mass is 155 g/mol. The van der Waals surface area contributed by atoms with E-state index in [-0.39, 0.29) is 5.91 Å². The molecule has 0 N–H and O–H groups in total. The Labute approximate surface area is 68.0 Å². The minimum atomic E-state index is 0.179. The Hall–Kier alpha value is -0.570. The standard InChI is InChI=1S/C8H15N2O/c1-4-9(3)8-5-10(6-8)7(2)11/h8H,1,4-6H2,2-3H3. The fraction of sp³-hybridized carbons (Fsp3) is 0.750. The van der Waals surface area contributed by atoms with Crippen molar-refractivity contribution in [2.24, 2.45) is 0 Å². The van der Waals surface area contributed by atoms with E-state index >= 15 is 0 Å². The van der Waals surface area contributed by atoms with Crippen LogP contribution in [-0.4, -0.2) is 48.4 Å². The maximum absolute atomic E-state index is 10.8.